The van der Waals surface area contributed by atoms with Crippen LogP contribution in [0.3, 0.4) is 0 Å². The van der Waals surface area contributed by atoms with Gasteiger partial charge in [0, 0.05) is 12.7 Å². The number of hydrogen-bond acceptors (Lipinski definition) is 5. The zero-order chi connectivity index (χ0) is 15.8. The zero-order valence-electron chi connectivity index (χ0n) is 11.8. The van der Waals surface area contributed by atoms with E-state index in [1.807, 2.05) is 0 Å². The molecule has 116 valence electrons. The Kier molecular flexibility index (Phi) is 6.80. The van der Waals surface area contributed by atoms with Crippen LogP contribution in [-0.4, -0.2) is 40.4 Å². The molecule has 1 heterocycles. The summed E-state index contributed by atoms with van der Waals surface area (Å²) in [5, 5.41) is 14.0. The number of rotatable bonds is 8. The Morgan fingerprint density at radius 2 is 2.10 bits per heavy atom. The predicted octanol–water partition coefficient (Wildman–Crippen LogP) is 0.779. The van der Waals surface area contributed by atoms with Crippen molar-refractivity contribution in [3.8, 4) is 0 Å². The number of carbonyl (C=O) groups excluding carboxylic acids is 2. The quantitative estimate of drug-likeness (QED) is 0.654. The van der Waals surface area contributed by atoms with Crippen molar-refractivity contribution in [3.63, 3.8) is 0 Å². The third-order valence-corrected chi connectivity index (χ3v) is 3.58. The predicted molar refractivity (Wildman–Crippen MR) is 77.8 cm³/mol. The summed E-state index contributed by atoms with van der Waals surface area (Å²) >= 11 is 1.14. The van der Waals surface area contributed by atoms with Crippen LogP contribution in [0.1, 0.15) is 25.6 Å². The summed E-state index contributed by atoms with van der Waals surface area (Å²) in [5.74, 6) is -0.891. The molecule has 1 unspecified atom stereocenters. The minimum atomic E-state index is -1.12. The fourth-order valence-corrected chi connectivity index (χ4v) is 2.43. The normalized spacial score (nSPS) is 13.2. The number of carboxylic acids is 1. The first-order chi connectivity index (χ1) is 9.90. The molecular formula is C13H18N2O5S. The van der Waals surface area contributed by atoms with E-state index in [4.69, 9.17) is 9.52 Å². The van der Waals surface area contributed by atoms with Crippen LogP contribution in [-0.2, 0) is 14.4 Å². The number of furan rings is 1. The van der Waals surface area contributed by atoms with E-state index in [1.165, 1.54) is 13.2 Å². The van der Waals surface area contributed by atoms with Gasteiger partial charge in [-0.1, -0.05) is 0 Å². The van der Waals surface area contributed by atoms with Crippen molar-refractivity contribution < 1.29 is 23.9 Å². The largest absolute Gasteiger partial charge is 0.480 e. The van der Waals surface area contributed by atoms with E-state index in [2.05, 4.69) is 10.6 Å². The lowest BCUT2D eigenvalue weighted by Crippen LogP contribution is -2.41. The number of nitrogens with one attached hydrogen (secondary N) is 2. The van der Waals surface area contributed by atoms with Crippen molar-refractivity contribution in [1.82, 2.24) is 10.6 Å². The van der Waals surface area contributed by atoms with Crippen molar-refractivity contribution in [2.75, 3.05) is 11.5 Å². The van der Waals surface area contributed by atoms with Gasteiger partial charge in [0.1, 0.15) is 11.8 Å². The van der Waals surface area contributed by atoms with Crippen LogP contribution >= 0.6 is 11.8 Å². The lowest BCUT2D eigenvalue weighted by atomic mass is 10.2. The molecule has 0 saturated carbocycles. The number of aliphatic carboxylic acids is 1. The zero-order valence-corrected chi connectivity index (χ0v) is 12.6. The minimum absolute atomic E-state index is 0.106. The lowest BCUT2D eigenvalue weighted by molar-refractivity contribution is -0.140. The summed E-state index contributed by atoms with van der Waals surface area (Å²) in [6.07, 6.45) is 1.53. The Morgan fingerprint density at radius 1 is 1.38 bits per heavy atom. The average molecular weight is 314 g/mol. The lowest BCUT2D eigenvalue weighted by Gasteiger charge is -2.14. The number of hydrogen-bond donors (Lipinski definition) is 3. The van der Waals surface area contributed by atoms with Gasteiger partial charge in [-0.3, -0.25) is 9.59 Å². The van der Waals surface area contributed by atoms with Crippen LogP contribution < -0.4 is 10.6 Å². The Bertz CT molecular complexity index is 489. The molecule has 0 bridgehead atoms. The number of carbonyl (C=O) groups is 3. The van der Waals surface area contributed by atoms with Crippen molar-refractivity contribution >= 4 is 29.5 Å². The Labute approximate surface area is 126 Å². The molecule has 0 aromatic carbocycles. The van der Waals surface area contributed by atoms with E-state index < -0.39 is 17.9 Å². The molecule has 1 aromatic rings. The maximum atomic E-state index is 11.7. The molecule has 8 heteroatoms. The molecule has 0 saturated heterocycles. The van der Waals surface area contributed by atoms with Crippen LogP contribution in [0.2, 0.25) is 0 Å². The van der Waals surface area contributed by atoms with E-state index in [9.17, 15) is 14.4 Å². The van der Waals surface area contributed by atoms with Gasteiger partial charge >= 0.3 is 5.97 Å². The van der Waals surface area contributed by atoms with Gasteiger partial charge in [0.05, 0.1) is 18.1 Å². The Balaban J connectivity index is 2.32. The molecule has 1 aromatic heterocycles. The van der Waals surface area contributed by atoms with Gasteiger partial charge in [0.15, 0.2) is 0 Å². The molecule has 0 radical (unpaired) electrons. The second-order valence-corrected chi connectivity index (χ2v) is 5.44. The van der Waals surface area contributed by atoms with Gasteiger partial charge in [-0.15, -0.1) is 11.8 Å². The van der Waals surface area contributed by atoms with Crippen LogP contribution in [0.4, 0.5) is 0 Å². The third-order valence-electron chi connectivity index (χ3n) is 2.54. The molecule has 2 amide bonds. The van der Waals surface area contributed by atoms with Gasteiger partial charge in [0.2, 0.25) is 11.8 Å². The van der Waals surface area contributed by atoms with Crippen molar-refractivity contribution in [2.45, 2.75) is 25.9 Å². The minimum Gasteiger partial charge on any atom is -0.480 e. The third kappa shape index (κ3) is 6.35. The molecule has 21 heavy (non-hydrogen) atoms. The second-order valence-electron chi connectivity index (χ2n) is 4.41. The molecule has 0 aliphatic heterocycles. The molecule has 0 fully saturated rings. The molecule has 1 rings (SSSR count). The molecule has 0 spiro atoms. The first-order valence-electron chi connectivity index (χ1n) is 6.30. The Hall–Kier alpha value is -1.96. The molecule has 2 atom stereocenters. The SMILES string of the molecule is CC(=O)N[C@@H](CSCC(=O)NC(C)c1ccco1)C(=O)O. The maximum absolute atomic E-state index is 11.7. The van der Waals surface area contributed by atoms with Crippen molar-refractivity contribution in [2.24, 2.45) is 0 Å². The fourth-order valence-electron chi connectivity index (χ4n) is 1.58. The first-order valence-corrected chi connectivity index (χ1v) is 7.46. The number of thioether (sulfide) groups is 1. The Morgan fingerprint density at radius 3 is 2.62 bits per heavy atom. The summed E-state index contributed by atoms with van der Waals surface area (Å²) in [5.41, 5.74) is 0. The van der Waals surface area contributed by atoms with Crippen molar-refractivity contribution in [3.05, 3.63) is 24.2 Å². The van der Waals surface area contributed by atoms with E-state index in [-0.39, 0.29) is 23.5 Å². The van der Waals surface area contributed by atoms with Crippen LogP contribution in [0.15, 0.2) is 22.8 Å². The fraction of sp³-hybridized carbons (Fsp3) is 0.462. The van der Waals surface area contributed by atoms with Gasteiger partial charge in [-0.05, 0) is 19.1 Å². The van der Waals surface area contributed by atoms with E-state index in [1.54, 1.807) is 19.1 Å². The van der Waals surface area contributed by atoms with Crippen LogP contribution in [0, 0.1) is 0 Å². The molecule has 7 nitrogen and oxygen atoms in total. The highest BCUT2D eigenvalue weighted by molar-refractivity contribution is 8.00. The van der Waals surface area contributed by atoms with Gasteiger partial charge in [0.25, 0.3) is 0 Å². The molecule has 0 aliphatic rings. The summed E-state index contributed by atoms with van der Waals surface area (Å²) in [6, 6.07) is 2.24. The van der Waals surface area contributed by atoms with Gasteiger partial charge < -0.3 is 20.2 Å². The molecule has 3 N–H and O–H groups in total. The maximum Gasteiger partial charge on any atom is 0.327 e. The summed E-state index contributed by atoms with van der Waals surface area (Å²) in [7, 11) is 0. The van der Waals surface area contributed by atoms with Crippen LogP contribution in [0.25, 0.3) is 0 Å². The number of amides is 2. The monoisotopic (exact) mass is 314 g/mol. The highest BCUT2D eigenvalue weighted by Gasteiger charge is 2.19. The smallest absolute Gasteiger partial charge is 0.327 e. The standard InChI is InChI=1S/C13H18N2O5S/c1-8(11-4-3-5-20-11)14-12(17)7-21-6-10(13(18)19)15-9(2)16/h3-5,8,10H,6-7H2,1-2H3,(H,14,17)(H,15,16)(H,18,19)/t8?,10-/m0/s1. The van der Waals surface area contributed by atoms with E-state index in [0.717, 1.165) is 11.8 Å². The highest BCUT2D eigenvalue weighted by Crippen LogP contribution is 2.12. The van der Waals surface area contributed by atoms with Crippen molar-refractivity contribution in [1.29, 1.82) is 0 Å². The first kappa shape index (κ1) is 17.1. The molecular weight excluding hydrogens is 296 g/mol. The summed E-state index contributed by atoms with van der Waals surface area (Å²) in [6.45, 7) is 3.04. The van der Waals surface area contributed by atoms with E-state index >= 15 is 0 Å². The second kappa shape index (κ2) is 8.35. The topological polar surface area (TPSA) is 109 Å². The number of carboxylic acid groups (broad SMARTS) is 1. The summed E-state index contributed by atoms with van der Waals surface area (Å²) < 4.78 is 5.17. The summed E-state index contributed by atoms with van der Waals surface area (Å²) in [4.78, 5) is 33.5. The van der Waals surface area contributed by atoms with E-state index in [0.29, 0.717) is 5.76 Å². The van der Waals surface area contributed by atoms with Gasteiger partial charge in [-0.2, -0.15) is 0 Å². The highest BCUT2D eigenvalue weighted by atomic mass is 32.2. The van der Waals surface area contributed by atoms with Gasteiger partial charge in [-0.25, -0.2) is 4.79 Å². The molecule has 0 aliphatic carbocycles. The average Bonchev–Trinajstić information content (AvgIpc) is 2.90. The van der Waals surface area contributed by atoms with Crippen LogP contribution in [0.5, 0.6) is 0 Å².